The molecule has 1 heterocycles. The van der Waals surface area contributed by atoms with Gasteiger partial charge < -0.3 is 9.73 Å². The minimum atomic E-state index is -4.12. The largest absolute Gasteiger partial charge is 0.444 e. The fourth-order valence-electron chi connectivity index (χ4n) is 3.87. The van der Waals surface area contributed by atoms with Crippen molar-refractivity contribution < 1.29 is 32.4 Å². The molecule has 6 N–H and O–H groups in total. The van der Waals surface area contributed by atoms with Crippen LogP contribution in [0.25, 0.3) is 0 Å². The molecule has 3 amide bonds. The summed E-state index contributed by atoms with van der Waals surface area (Å²) in [5.74, 6) is 1.57. The Labute approximate surface area is 205 Å². The molecule has 11 nitrogen and oxygen atoms in total. The summed E-state index contributed by atoms with van der Waals surface area (Å²) in [5, 5.41) is 11.9. The fourth-order valence-corrected chi connectivity index (χ4v) is 5.73. The van der Waals surface area contributed by atoms with Crippen LogP contribution in [0.15, 0.2) is 39.4 Å². The number of nitrogens with two attached hydrogens (primary N) is 1. The number of carbonyl (C=O) groups is 3. The summed E-state index contributed by atoms with van der Waals surface area (Å²) in [5.41, 5.74) is 4.30. The van der Waals surface area contributed by atoms with Crippen molar-refractivity contribution in [2.45, 2.75) is 37.4 Å². The van der Waals surface area contributed by atoms with E-state index >= 15 is 0 Å². The molecule has 0 saturated carbocycles. The van der Waals surface area contributed by atoms with Crippen LogP contribution in [-0.2, 0) is 24.2 Å². The number of amides is 3. The summed E-state index contributed by atoms with van der Waals surface area (Å²) in [6.07, 6.45) is 1.10. The van der Waals surface area contributed by atoms with E-state index in [4.69, 9.17) is 10.3 Å². The van der Waals surface area contributed by atoms with Gasteiger partial charge in [-0.15, -0.1) is 0 Å². The van der Waals surface area contributed by atoms with Crippen molar-refractivity contribution in [1.82, 2.24) is 16.2 Å². The molecule has 0 fully saturated rings. The smallest absolute Gasteiger partial charge is 0.287 e. The average molecular weight is 559 g/mol. The van der Waals surface area contributed by atoms with Gasteiger partial charge in [0.2, 0.25) is 0 Å². The van der Waals surface area contributed by atoms with E-state index < -0.39 is 38.2 Å². The van der Waals surface area contributed by atoms with Crippen LogP contribution < -0.4 is 22.1 Å². The third kappa shape index (κ3) is 5.49. The Kier molecular flexibility index (Phi) is 9.00. The Morgan fingerprint density at radius 2 is 1.91 bits per heavy atom. The molecule has 0 aliphatic carbocycles. The summed E-state index contributed by atoms with van der Waals surface area (Å²) in [4.78, 5) is 38.1. The van der Waals surface area contributed by atoms with Crippen molar-refractivity contribution >= 4 is 43.5 Å². The van der Waals surface area contributed by atoms with Gasteiger partial charge in [-0.05, 0) is 52.5 Å². The molecule has 1 aromatic carbocycles. The van der Waals surface area contributed by atoms with Crippen molar-refractivity contribution in [1.29, 1.82) is 0 Å². The standard InChI is InChI=1S/C21H27BrN4O7S/c1-4-9-21(20(29)25-23,34(3,31)32)15-6-5-12(2)10-13(15)14(18(27)26-30)11-24-19(28)16-7-8-17(22)33-16/h5-8,10,14,30H,4,9,11,23H2,1-3H3,(H,24,28)(H,25,29)(H,26,27)/t14-,21+/m0/s1. The minimum absolute atomic E-state index is 0.0222. The number of nitrogens with one attached hydrogen (secondary N) is 3. The molecule has 1 aromatic heterocycles. The van der Waals surface area contributed by atoms with Crippen LogP contribution in [0.4, 0.5) is 0 Å². The molecule has 186 valence electrons. The minimum Gasteiger partial charge on any atom is -0.444 e. The molecule has 0 aliphatic rings. The molecule has 2 rings (SSSR count). The van der Waals surface area contributed by atoms with E-state index in [9.17, 15) is 28.0 Å². The molecule has 0 spiro atoms. The SMILES string of the molecule is CCC[C@](C(=O)NN)(c1ccc(C)cc1[C@H](CNC(=O)c1ccc(Br)o1)C(=O)NO)S(C)(=O)=O. The molecule has 2 atom stereocenters. The van der Waals surface area contributed by atoms with Crippen LogP contribution in [0, 0.1) is 6.92 Å². The van der Waals surface area contributed by atoms with Gasteiger partial charge in [0.25, 0.3) is 17.7 Å². The van der Waals surface area contributed by atoms with Crippen molar-refractivity contribution in [2.75, 3.05) is 12.8 Å². The van der Waals surface area contributed by atoms with Gasteiger partial charge in [0, 0.05) is 12.8 Å². The summed E-state index contributed by atoms with van der Waals surface area (Å²) in [7, 11) is -4.12. The Hall–Kier alpha value is -2.74. The highest BCUT2D eigenvalue weighted by molar-refractivity contribution is 9.10. The first-order chi connectivity index (χ1) is 15.9. The van der Waals surface area contributed by atoms with Gasteiger partial charge in [0.15, 0.2) is 25.0 Å². The zero-order chi connectivity index (χ0) is 25.7. The number of rotatable bonds is 10. The van der Waals surface area contributed by atoms with Crippen LogP contribution in [0.3, 0.4) is 0 Å². The lowest BCUT2D eigenvalue weighted by Crippen LogP contribution is -2.52. The Bertz CT molecular complexity index is 1180. The van der Waals surface area contributed by atoms with E-state index in [1.807, 2.05) is 5.43 Å². The third-order valence-electron chi connectivity index (χ3n) is 5.44. The number of benzene rings is 1. The lowest BCUT2D eigenvalue weighted by molar-refractivity contribution is -0.130. The second-order valence-corrected chi connectivity index (χ2v) is 10.8. The number of halogens is 1. The maximum Gasteiger partial charge on any atom is 0.287 e. The number of hydrazine groups is 1. The van der Waals surface area contributed by atoms with Gasteiger partial charge in [-0.25, -0.2) is 19.7 Å². The highest BCUT2D eigenvalue weighted by Gasteiger charge is 2.51. The summed E-state index contributed by atoms with van der Waals surface area (Å²) in [6.45, 7) is 3.08. The van der Waals surface area contributed by atoms with Crippen LogP contribution in [0.1, 0.15) is 52.9 Å². The van der Waals surface area contributed by atoms with Gasteiger partial charge >= 0.3 is 0 Å². The van der Waals surface area contributed by atoms with Gasteiger partial charge in [-0.1, -0.05) is 37.1 Å². The number of aryl methyl sites for hydroxylation is 1. The first-order valence-electron chi connectivity index (χ1n) is 10.2. The highest BCUT2D eigenvalue weighted by atomic mass is 79.9. The molecule has 0 unspecified atom stereocenters. The van der Waals surface area contributed by atoms with E-state index in [-0.39, 0.29) is 29.9 Å². The number of furan rings is 1. The molecule has 0 bridgehead atoms. The molecular formula is C21H27BrN4O7S. The monoisotopic (exact) mass is 558 g/mol. The zero-order valence-electron chi connectivity index (χ0n) is 18.8. The fraction of sp³-hybridized carbons (Fsp3) is 0.381. The van der Waals surface area contributed by atoms with Crippen LogP contribution in [0.2, 0.25) is 0 Å². The average Bonchev–Trinajstić information content (AvgIpc) is 3.22. The Morgan fingerprint density at radius 1 is 1.24 bits per heavy atom. The predicted molar refractivity (Wildman–Crippen MR) is 126 cm³/mol. The number of carbonyl (C=O) groups excluding carboxylic acids is 3. The summed E-state index contributed by atoms with van der Waals surface area (Å²) < 4.78 is 29.5. The van der Waals surface area contributed by atoms with Crippen LogP contribution in [0.5, 0.6) is 0 Å². The highest BCUT2D eigenvalue weighted by Crippen LogP contribution is 2.40. The van der Waals surface area contributed by atoms with E-state index in [1.165, 1.54) is 24.3 Å². The van der Waals surface area contributed by atoms with Gasteiger partial charge in [-0.3, -0.25) is 25.0 Å². The predicted octanol–water partition coefficient (Wildman–Crippen LogP) is 1.40. The van der Waals surface area contributed by atoms with E-state index in [0.29, 0.717) is 16.7 Å². The van der Waals surface area contributed by atoms with Crippen LogP contribution >= 0.6 is 15.9 Å². The van der Waals surface area contributed by atoms with Gasteiger partial charge in [0.1, 0.15) is 0 Å². The zero-order valence-corrected chi connectivity index (χ0v) is 21.2. The second-order valence-electron chi connectivity index (χ2n) is 7.76. The Balaban J connectivity index is 2.68. The van der Waals surface area contributed by atoms with Gasteiger partial charge in [0.05, 0.1) is 5.92 Å². The van der Waals surface area contributed by atoms with Gasteiger partial charge in [-0.2, -0.15) is 0 Å². The normalized spacial score (nSPS) is 14.1. The van der Waals surface area contributed by atoms with E-state index in [1.54, 1.807) is 25.4 Å². The van der Waals surface area contributed by atoms with E-state index in [0.717, 1.165) is 6.26 Å². The molecule has 34 heavy (non-hydrogen) atoms. The lowest BCUT2D eigenvalue weighted by atomic mass is 9.82. The Morgan fingerprint density at radius 3 is 2.41 bits per heavy atom. The topological polar surface area (TPSA) is 181 Å². The third-order valence-corrected chi connectivity index (χ3v) is 7.74. The lowest BCUT2D eigenvalue weighted by Gasteiger charge is -2.33. The molecule has 2 aromatic rings. The quantitative estimate of drug-likeness (QED) is 0.125. The molecular weight excluding hydrogens is 532 g/mol. The number of hydrogen-bond acceptors (Lipinski definition) is 8. The van der Waals surface area contributed by atoms with Crippen molar-refractivity contribution in [2.24, 2.45) is 5.84 Å². The summed E-state index contributed by atoms with van der Waals surface area (Å²) in [6, 6.07) is 7.51. The molecule has 0 radical (unpaired) electrons. The first-order valence-corrected chi connectivity index (χ1v) is 12.9. The molecule has 0 aliphatic heterocycles. The number of hydroxylamine groups is 1. The second kappa shape index (κ2) is 11.1. The van der Waals surface area contributed by atoms with E-state index in [2.05, 4.69) is 21.2 Å². The molecule has 0 saturated heterocycles. The van der Waals surface area contributed by atoms with Crippen molar-refractivity contribution in [3.63, 3.8) is 0 Å². The molecule has 13 heteroatoms. The first kappa shape index (κ1) is 27.5. The maximum absolute atomic E-state index is 13.0. The number of sulfone groups is 1. The van der Waals surface area contributed by atoms with Crippen molar-refractivity contribution in [3.05, 3.63) is 57.5 Å². The summed E-state index contributed by atoms with van der Waals surface area (Å²) >= 11 is 3.10. The van der Waals surface area contributed by atoms with Crippen molar-refractivity contribution in [3.8, 4) is 0 Å². The maximum atomic E-state index is 13.0. The number of hydrogen-bond donors (Lipinski definition) is 5. The van der Waals surface area contributed by atoms with Crippen LogP contribution in [-0.4, -0.2) is 44.1 Å².